The van der Waals surface area contributed by atoms with Gasteiger partial charge in [-0.2, -0.15) is 5.26 Å². The maximum absolute atomic E-state index is 13.5. The van der Waals surface area contributed by atoms with Gasteiger partial charge < -0.3 is 9.72 Å². The van der Waals surface area contributed by atoms with E-state index in [0.29, 0.717) is 0 Å². The quantitative estimate of drug-likeness (QED) is 0.903. The highest BCUT2D eigenvalue weighted by Gasteiger charge is 2.11. The molecule has 0 aliphatic carbocycles. The largest absolute Gasteiger partial charge is 0.434 e. The third kappa shape index (κ3) is 2.31. The van der Waals surface area contributed by atoms with Crippen LogP contribution in [0.15, 0.2) is 29.3 Å². The number of benzene rings is 1. The fraction of sp³-hybridized carbons (Fsp3) is 0. The van der Waals surface area contributed by atoms with Gasteiger partial charge in [-0.1, -0.05) is 11.6 Å². The number of hydrogen-bond acceptors (Lipinski definition) is 4. The standard InChI is InChI=1S/C11H5ClFN3O2/c12-9-10(17)15-5-16-11(9)18-8-2-1-6(4-14)3-7(8)13/h1-3,5H,(H,15,16,17). The average molecular weight is 266 g/mol. The van der Waals surface area contributed by atoms with Crippen molar-refractivity contribution in [3.63, 3.8) is 0 Å². The molecule has 0 atom stereocenters. The average Bonchev–Trinajstić information content (AvgIpc) is 2.37. The van der Waals surface area contributed by atoms with Crippen LogP contribution in [0.25, 0.3) is 0 Å². The number of H-pyrrole nitrogens is 1. The number of aromatic nitrogens is 2. The first kappa shape index (κ1) is 12.1. The second-order valence-corrected chi connectivity index (χ2v) is 3.59. The number of halogens is 2. The molecule has 0 bridgehead atoms. The van der Waals surface area contributed by atoms with Gasteiger partial charge in [0.15, 0.2) is 16.6 Å². The molecular weight excluding hydrogens is 261 g/mol. The van der Waals surface area contributed by atoms with Crippen LogP contribution in [0.5, 0.6) is 11.6 Å². The Morgan fingerprint density at radius 3 is 2.94 bits per heavy atom. The van der Waals surface area contributed by atoms with Gasteiger partial charge in [0.2, 0.25) is 5.88 Å². The van der Waals surface area contributed by atoms with Crippen molar-refractivity contribution >= 4 is 11.6 Å². The van der Waals surface area contributed by atoms with Crippen molar-refractivity contribution in [1.29, 1.82) is 5.26 Å². The summed E-state index contributed by atoms with van der Waals surface area (Å²) >= 11 is 5.65. The summed E-state index contributed by atoms with van der Waals surface area (Å²) in [4.78, 5) is 17.1. The third-order valence-electron chi connectivity index (χ3n) is 2.03. The summed E-state index contributed by atoms with van der Waals surface area (Å²) in [6.45, 7) is 0. The van der Waals surface area contributed by atoms with E-state index in [0.717, 1.165) is 12.4 Å². The van der Waals surface area contributed by atoms with E-state index >= 15 is 0 Å². The summed E-state index contributed by atoms with van der Waals surface area (Å²) in [5.74, 6) is -1.12. The van der Waals surface area contributed by atoms with Gasteiger partial charge >= 0.3 is 0 Å². The van der Waals surface area contributed by atoms with Gasteiger partial charge in [-0.25, -0.2) is 9.37 Å². The molecule has 0 aliphatic rings. The van der Waals surface area contributed by atoms with E-state index in [4.69, 9.17) is 21.6 Å². The number of nitrogens with zero attached hydrogens (tertiary/aromatic N) is 2. The minimum Gasteiger partial charge on any atom is -0.434 e. The Bertz CT molecular complexity index is 693. The Morgan fingerprint density at radius 2 is 2.28 bits per heavy atom. The van der Waals surface area contributed by atoms with E-state index in [1.165, 1.54) is 12.1 Å². The molecule has 90 valence electrons. The highest BCUT2D eigenvalue weighted by molar-refractivity contribution is 6.31. The molecule has 0 spiro atoms. The lowest BCUT2D eigenvalue weighted by Gasteiger charge is -2.06. The van der Waals surface area contributed by atoms with E-state index in [1.807, 2.05) is 0 Å². The van der Waals surface area contributed by atoms with Gasteiger partial charge in [0.1, 0.15) is 0 Å². The Balaban J connectivity index is 2.38. The van der Waals surface area contributed by atoms with Gasteiger partial charge in [-0.15, -0.1) is 0 Å². The molecule has 0 fully saturated rings. The second kappa shape index (κ2) is 4.85. The smallest absolute Gasteiger partial charge is 0.273 e. The van der Waals surface area contributed by atoms with Gasteiger partial charge in [0.05, 0.1) is 18.0 Å². The molecule has 18 heavy (non-hydrogen) atoms. The van der Waals surface area contributed by atoms with Crippen molar-refractivity contribution in [2.24, 2.45) is 0 Å². The lowest BCUT2D eigenvalue weighted by atomic mass is 10.2. The molecule has 0 aliphatic heterocycles. The van der Waals surface area contributed by atoms with Crippen molar-refractivity contribution in [3.8, 4) is 17.7 Å². The first-order chi connectivity index (χ1) is 8.61. The number of ether oxygens (including phenoxy) is 1. The summed E-state index contributed by atoms with van der Waals surface area (Å²) in [7, 11) is 0. The van der Waals surface area contributed by atoms with Crippen molar-refractivity contribution < 1.29 is 9.13 Å². The van der Waals surface area contributed by atoms with Crippen molar-refractivity contribution in [1.82, 2.24) is 9.97 Å². The molecule has 1 heterocycles. The Hall–Kier alpha value is -2.39. The van der Waals surface area contributed by atoms with Crippen LogP contribution < -0.4 is 10.3 Å². The first-order valence-corrected chi connectivity index (χ1v) is 5.10. The van der Waals surface area contributed by atoms with Crippen LogP contribution in [0.2, 0.25) is 5.02 Å². The molecule has 2 aromatic rings. The predicted octanol–water partition coefficient (Wildman–Crippen LogP) is 2.23. The normalized spacial score (nSPS) is 9.83. The molecule has 1 aromatic carbocycles. The topological polar surface area (TPSA) is 78.8 Å². The maximum Gasteiger partial charge on any atom is 0.273 e. The summed E-state index contributed by atoms with van der Waals surface area (Å²) in [5, 5.41) is 8.31. The zero-order valence-electron chi connectivity index (χ0n) is 8.78. The van der Waals surface area contributed by atoms with Crippen molar-refractivity contribution in [3.05, 3.63) is 51.3 Å². The lowest BCUT2D eigenvalue weighted by Crippen LogP contribution is -2.08. The third-order valence-corrected chi connectivity index (χ3v) is 2.37. The minimum absolute atomic E-state index is 0.157. The number of nitrogens with one attached hydrogen (secondary N) is 1. The number of hydrogen-bond donors (Lipinski definition) is 1. The van der Waals surface area contributed by atoms with E-state index in [-0.39, 0.29) is 22.2 Å². The lowest BCUT2D eigenvalue weighted by molar-refractivity contribution is 0.426. The van der Waals surface area contributed by atoms with Gasteiger partial charge in [-0.3, -0.25) is 4.79 Å². The molecule has 1 aromatic heterocycles. The molecule has 0 amide bonds. The molecule has 5 nitrogen and oxygen atoms in total. The van der Waals surface area contributed by atoms with Gasteiger partial charge in [0.25, 0.3) is 5.56 Å². The Morgan fingerprint density at radius 1 is 1.50 bits per heavy atom. The Kier molecular flexibility index (Phi) is 3.26. The highest BCUT2D eigenvalue weighted by Crippen LogP contribution is 2.26. The molecule has 0 radical (unpaired) electrons. The minimum atomic E-state index is -0.743. The summed E-state index contributed by atoms with van der Waals surface area (Å²) in [6, 6.07) is 5.43. The predicted molar refractivity (Wildman–Crippen MR) is 61.1 cm³/mol. The summed E-state index contributed by atoms with van der Waals surface area (Å²) in [5.41, 5.74) is -0.430. The van der Waals surface area contributed by atoms with E-state index in [2.05, 4.69) is 9.97 Å². The zero-order valence-corrected chi connectivity index (χ0v) is 9.53. The molecule has 0 saturated carbocycles. The fourth-order valence-electron chi connectivity index (χ4n) is 1.20. The monoisotopic (exact) mass is 265 g/mol. The van der Waals surface area contributed by atoms with Crippen LogP contribution in [0.4, 0.5) is 4.39 Å². The number of rotatable bonds is 2. The molecular formula is C11H5ClFN3O2. The molecule has 1 N–H and O–H groups in total. The van der Waals surface area contributed by atoms with Crippen molar-refractivity contribution in [2.45, 2.75) is 0 Å². The van der Waals surface area contributed by atoms with Crippen LogP contribution in [0, 0.1) is 17.1 Å². The van der Waals surface area contributed by atoms with Crippen LogP contribution in [0.3, 0.4) is 0 Å². The van der Waals surface area contributed by atoms with Crippen LogP contribution in [-0.4, -0.2) is 9.97 Å². The maximum atomic E-state index is 13.5. The molecule has 0 unspecified atom stereocenters. The Labute approximate surface area is 105 Å². The van der Waals surface area contributed by atoms with Crippen LogP contribution in [-0.2, 0) is 0 Å². The van der Waals surface area contributed by atoms with Gasteiger partial charge in [-0.05, 0) is 18.2 Å². The number of aromatic amines is 1. The van der Waals surface area contributed by atoms with E-state index in [1.54, 1.807) is 6.07 Å². The molecule has 7 heteroatoms. The zero-order chi connectivity index (χ0) is 13.1. The van der Waals surface area contributed by atoms with Gasteiger partial charge in [0, 0.05) is 0 Å². The van der Waals surface area contributed by atoms with E-state index in [9.17, 15) is 9.18 Å². The SMILES string of the molecule is N#Cc1ccc(Oc2nc[nH]c(=O)c2Cl)c(F)c1. The van der Waals surface area contributed by atoms with E-state index < -0.39 is 11.4 Å². The second-order valence-electron chi connectivity index (χ2n) is 3.21. The first-order valence-electron chi connectivity index (χ1n) is 4.72. The molecule has 0 saturated heterocycles. The number of nitriles is 1. The summed E-state index contributed by atoms with van der Waals surface area (Å²) in [6.07, 6.45) is 1.09. The van der Waals surface area contributed by atoms with Crippen LogP contribution >= 0.6 is 11.6 Å². The molecule has 2 rings (SSSR count). The highest BCUT2D eigenvalue weighted by atomic mass is 35.5. The van der Waals surface area contributed by atoms with Crippen molar-refractivity contribution in [2.75, 3.05) is 0 Å². The summed E-state index contributed by atoms with van der Waals surface area (Å²) < 4.78 is 18.6. The van der Waals surface area contributed by atoms with Crippen LogP contribution in [0.1, 0.15) is 5.56 Å². The fourth-order valence-corrected chi connectivity index (χ4v) is 1.34.